The largest absolute Gasteiger partial charge is 0.392 e. The van der Waals surface area contributed by atoms with Gasteiger partial charge in [0.1, 0.15) is 5.41 Å². The van der Waals surface area contributed by atoms with Crippen LogP contribution in [0.15, 0.2) is 0 Å². The second kappa shape index (κ2) is 5.31. The Morgan fingerprint density at radius 2 is 1.71 bits per heavy atom. The van der Waals surface area contributed by atoms with Crippen molar-refractivity contribution in [1.82, 2.24) is 10.4 Å². The molecule has 0 aromatic heterocycles. The molecule has 96 valence electrons. The summed E-state index contributed by atoms with van der Waals surface area (Å²) in [6.45, 7) is 1.89. The Morgan fingerprint density at radius 3 is 2.24 bits per heavy atom. The van der Waals surface area contributed by atoms with E-state index in [1.807, 2.05) is 5.01 Å². The monoisotopic (exact) mass is 255 g/mol. The summed E-state index contributed by atoms with van der Waals surface area (Å²) in [7, 11) is 0. The lowest BCUT2D eigenvalue weighted by Gasteiger charge is -2.32. The Balaban J connectivity index is 1.99. The zero-order chi connectivity index (χ0) is 12.3. The van der Waals surface area contributed by atoms with Crippen molar-refractivity contribution in [2.45, 2.75) is 44.9 Å². The van der Waals surface area contributed by atoms with Gasteiger partial charge < -0.3 is 5.73 Å². The predicted molar refractivity (Wildman–Crippen MR) is 71.3 cm³/mol. The zero-order valence-electron chi connectivity index (χ0n) is 10.2. The molecular formula is C12H21N3OS. The van der Waals surface area contributed by atoms with Gasteiger partial charge in [-0.2, -0.15) is 0 Å². The molecule has 1 saturated carbocycles. The van der Waals surface area contributed by atoms with E-state index in [2.05, 4.69) is 5.43 Å². The van der Waals surface area contributed by atoms with Gasteiger partial charge >= 0.3 is 0 Å². The molecule has 1 saturated heterocycles. The zero-order valence-corrected chi connectivity index (χ0v) is 11.0. The van der Waals surface area contributed by atoms with Crippen molar-refractivity contribution in [3.8, 4) is 0 Å². The van der Waals surface area contributed by atoms with Gasteiger partial charge in [0.2, 0.25) is 5.91 Å². The highest BCUT2D eigenvalue weighted by Crippen LogP contribution is 2.38. The van der Waals surface area contributed by atoms with E-state index in [1.54, 1.807) is 0 Å². The lowest BCUT2D eigenvalue weighted by atomic mass is 9.85. The van der Waals surface area contributed by atoms with Gasteiger partial charge in [0, 0.05) is 13.1 Å². The van der Waals surface area contributed by atoms with Crippen LogP contribution in [-0.4, -0.2) is 29.0 Å². The number of piperidine rings is 1. The van der Waals surface area contributed by atoms with E-state index in [9.17, 15) is 4.79 Å². The van der Waals surface area contributed by atoms with Crippen LogP contribution in [-0.2, 0) is 4.79 Å². The van der Waals surface area contributed by atoms with E-state index < -0.39 is 5.41 Å². The third-order valence-corrected chi connectivity index (χ3v) is 4.37. The van der Waals surface area contributed by atoms with Crippen molar-refractivity contribution in [2.75, 3.05) is 13.1 Å². The molecule has 1 amide bonds. The van der Waals surface area contributed by atoms with Crippen molar-refractivity contribution >= 4 is 23.1 Å². The number of nitrogens with one attached hydrogen (secondary N) is 1. The minimum Gasteiger partial charge on any atom is -0.392 e. The van der Waals surface area contributed by atoms with E-state index in [1.165, 1.54) is 6.42 Å². The number of hydrogen-bond acceptors (Lipinski definition) is 3. The Bertz CT molecular complexity index is 307. The van der Waals surface area contributed by atoms with Crippen LogP contribution in [0.4, 0.5) is 0 Å². The fourth-order valence-corrected chi connectivity index (χ4v) is 3.12. The quantitative estimate of drug-likeness (QED) is 0.747. The Hall–Kier alpha value is -0.680. The van der Waals surface area contributed by atoms with Gasteiger partial charge in [-0.05, 0) is 25.7 Å². The Kier molecular flexibility index (Phi) is 3.99. The molecule has 4 nitrogen and oxygen atoms in total. The molecule has 1 aliphatic carbocycles. The first-order valence-corrected chi connectivity index (χ1v) is 6.92. The van der Waals surface area contributed by atoms with Crippen LogP contribution >= 0.6 is 12.2 Å². The normalized spacial score (nSPS) is 24.5. The summed E-state index contributed by atoms with van der Waals surface area (Å²) in [6, 6.07) is 0. The van der Waals surface area contributed by atoms with Gasteiger partial charge in [-0.15, -0.1) is 0 Å². The average Bonchev–Trinajstić information content (AvgIpc) is 2.80. The maximum absolute atomic E-state index is 12.4. The first kappa shape index (κ1) is 12.8. The third kappa shape index (κ3) is 2.60. The summed E-state index contributed by atoms with van der Waals surface area (Å²) in [4.78, 5) is 12.7. The molecule has 0 unspecified atom stereocenters. The molecule has 1 aliphatic heterocycles. The SMILES string of the molecule is NC(=S)C1(C(=O)NN2CCCCC2)CCCC1. The van der Waals surface area contributed by atoms with E-state index in [0.29, 0.717) is 4.99 Å². The Labute approximate surface area is 108 Å². The summed E-state index contributed by atoms with van der Waals surface area (Å²) in [6.07, 6.45) is 7.27. The minimum absolute atomic E-state index is 0.0180. The molecule has 0 spiro atoms. The highest BCUT2D eigenvalue weighted by molar-refractivity contribution is 7.80. The first-order valence-electron chi connectivity index (χ1n) is 6.51. The van der Waals surface area contributed by atoms with E-state index in [0.717, 1.165) is 51.6 Å². The number of amides is 1. The van der Waals surface area contributed by atoms with Gasteiger partial charge in [0.15, 0.2) is 0 Å². The molecule has 0 radical (unpaired) electrons. The van der Waals surface area contributed by atoms with Gasteiger partial charge in [-0.25, -0.2) is 5.01 Å². The standard InChI is InChI=1S/C12H21N3OS/c13-10(17)12(6-2-3-7-12)11(16)14-15-8-4-1-5-9-15/h1-9H2,(H2,13,17)(H,14,16). The molecule has 2 fully saturated rings. The second-order valence-electron chi connectivity index (χ2n) is 5.14. The molecule has 2 rings (SSSR count). The fraction of sp³-hybridized carbons (Fsp3) is 0.833. The molecule has 17 heavy (non-hydrogen) atoms. The summed E-state index contributed by atoms with van der Waals surface area (Å²) >= 11 is 5.11. The molecule has 1 heterocycles. The average molecular weight is 255 g/mol. The van der Waals surface area contributed by atoms with Crippen LogP contribution in [0.1, 0.15) is 44.9 Å². The molecular weight excluding hydrogens is 234 g/mol. The topological polar surface area (TPSA) is 58.4 Å². The van der Waals surface area contributed by atoms with Gasteiger partial charge in [0.05, 0.1) is 4.99 Å². The highest BCUT2D eigenvalue weighted by Gasteiger charge is 2.44. The number of rotatable bonds is 3. The molecule has 3 N–H and O–H groups in total. The van der Waals surface area contributed by atoms with Crippen molar-refractivity contribution in [1.29, 1.82) is 0 Å². The lowest BCUT2D eigenvalue weighted by Crippen LogP contribution is -2.54. The van der Waals surface area contributed by atoms with Crippen LogP contribution < -0.4 is 11.2 Å². The van der Waals surface area contributed by atoms with Crippen LogP contribution in [0.2, 0.25) is 0 Å². The van der Waals surface area contributed by atoms with Gasteiger partial charge in [0.25, 0.3) is 0 Å². The maximum Gasteiger partial charge on any atom is 0.247 e. The maximum atomic E-state index is 12.4. The van der Waals surface area contributed by atoms with Crippen LogP contribution in [0.3, 0.4) is 0 Å². The number of nitrogens with zero attached hydrogens (tertiary/aromatic N) is 1. The number of carbonyl (C=O) groups is 1. The second-order valence-corrected chi connectivity index (χ2v) is 5.58. The summed E-state index contributed by atoms with van der Waals surface area (Å²) in [5.74, 6) is 0.0180. The van der Waals surface area contributed by atoms with E-state index in [4.69, 9.17) is 18.0 Å². The van der Waals surface area contributed by atoms with E-state index >= 15 is 0 Å². The summed E-state index contributed by atoms with van der Waals surface area (Å²) < 4.78 is 0. The van der Waals surface area contributed by atoms with Crippen molar-refractivity contribution < 1.29 is 4.79 Å². The van der Waals surface area contributed by atoms with Crippen LogP contribution in [0, 0.1) is 5.41 Å². The van der Waals surface area contributed by atoms with Gasteiger partial charge in [-0.1, -0.05) is 31.5 Å². The lowest BCUT2D eigenvalue weighted by molar-refractivity contribution is -0.132. The van der Waals surface area contributed by atoms with Crippen molar-refractivity contribution in [3.63, 3.8) is 0 Å². The molecule has 5 heteroatoms. The van der Waals surface area contributed by atoms with Gasteiger partial charge in [-0.3, -0.25) is 10.2 Å². The first-order chi connectivity index (χ1) is 8.15. The number of thiocarbonyl (C=S) groups is 1. The highest BCUT2D eigenvalue weighted by atomic mass is 32.1. The summed E-state index contributed by atoms with van der Waals surface area (Å²) in [5, 5.41) is 2.02. The fourth-order valence-electron chi connectivity index (χ4n) is 2.82. The Morgan fingerprint density at radius 1 is 1.12 bits per heavy atom. The smallest absolute Gasteiger partial charge is 0.247 e. The third-order valence-electron chi connectivity index (χ3n) is 3.98. The van der Waals surface area contributed by atoms with Crippen molar-refractivity contribution in [3.05, 3.63) is 0 Å². The number of hydrogen-bond donors (Lipinski definition) is 2. The molecule has 0 bridgehead atoms. The minimum atomic E-state index is -0.577. The predicted octanol–water partition coefficient (Wildman–Crippen LogP) is 1.35. The van der Waals surface area contributed by atoms with E-state index in [-0.39, 0.29) is 5.91 Å². The number of nitrogens with two attached hydrogens (primary N) is 1. The van der Waals surface area contributed by atoms with Crippen LogP contribution in [0.25, 0.3) is 0 Å². The molecule has 2 aliphatic rings. The van der Waals surface area contributed by atoms with Crippen LogP contribution in [0.5, 0.6) is 0 Å². The number of hydrazine groups is 1. The molecule has 0 aromatic rings. The molecule has 0 atom stereocenters. The number of carbonyl (C=O) groups excluding carboxylic acids is 1. The summed E-state index contributed by atoms with van der Waals surface area (Å²) in [5.41, 5.74) is 8.22. The molecule has 0 aromatic carbocycles. The van der Waals surface area contributed by atoms with Crippen molar-refractivity contribution in [2.24, 2.45) is 11.1 Å².